The summed E-state index contributed by atoms with van der Waals surface area (Å²) in [7, 11) is -1.85. The molecule has 3 aromatic carbocycles. The van der Waals surface area contributed by atoms with Crippen LogP contribution in [0, 0.1) is 0 Å². The Balaban J connectivity index is 0.00000171. The molecule has 1 aromatic heterocycles. The minimum absolute atomic E-state index is 0. The second kappa shape index (κ2) is 12.7. The molecule has 175 valence electrons. The molecule has 1 aliphatic rings. The van der Waals surface area contributed by atoms with Crippen molar-refractivity contribution in [3.05, 3.63) is 120 Å². The zero-order chi connectivity index (χ0) is 22.6. The zero-order valence-electron chi connectivity index (χ0n) is 18.9. The summed E-state index contributed by atoms with van der Waals surface area (Å²) in [5.74, 6) is 0.193. The molecule has 0 radical (unpaired) electrons. The number of hydrogen-bond acceptors (Lipinski definition) is 3. The Bertz CT molecular complexity index is 1230. The van der Waals surface area contributed by atoms with Gasteiger partial charge in [-0.3, -0.25) is 0 Å². The number of aromatic amines is 1. The van der Waals surface area contributed by atoms with Crippen molar-refractivity contribution >= 4 is 31.2 Å². The van der Waals surface area contributed by atoms with E-state index in [2.05, 4.69) is 87.8 Å². The Labute approximate surface area is 234 Å². The second-order valence-electron chi connectivity index (χ2n) is 8.26. The third-order valence-corrected chi connectivity index (χ3v) is 11.2. The molecule has 1 heterocycles. The summed E-state index contributed by atoms with van der Waals surface area (Å²) >= 11 is 0.908. The van der Waals surface area contributed by atoms with Crippen molar-refractivity contribution in [3.8, 4) is 0 Å². The average Bonchev–Trinajstić information content (AvgIpc) is 3.50. The number of carbonyl (C=O) groups excluding carboxylic acids is 1. The van der Waals surface area contributed by atoms with Gasteiger partial charge in [-0.2, -0.15) is 0 Å². The van der Waals surface area contributed by atoms with Gasteiger partial charge in [0.05, 0.1) is 0 Å². The summed E-state index contributed by atoms with van der Waals surface area (Å²) < 4.78 is 0.228. The maximum absolute atomic E-state index is 14.0. The number of Topliss-reactive ketones (excluding diaryl/α,β-unsaturated/α-hetero) is 1. The van der Waals surface area contributed by atoms with Gasteiger partial charge >= 0.3 is 211 Å². The molecule has 1 unspecified atom stereocenters. The first-order valence-electron chi connectivity index (χ1n) is 11.1. The standard InChI is InChI=1S/C27H24N3OSi.2ClH.Hf/c31-27(22-15-20-9-7-8-10-21(20)16-22)26(17-23-18-28-19-29-23)30-32(24-11-3-1-4-12-24)25-13-5-2-6-14-25;;;/h1-16,18-19,26,30,32H,17H2,(H,28,29);2*1H;/q;;;+2/p-2/t26-;;;/m0.../s1. The summed E-state index contributed by atoms with van der Waals surface area (Å²) in [6.07, 6.45) is 6.24. The van der Waals surface area contributed by atoms with Crippen molar-refractivity contribution in [1.29, 1.82) is 0 Å². The van der Waals surface area contributed by atoms with Gasteiger partial charge in [-0.15, -0.1) is 0 Å². The smallest absolute Gasteiger partial charge is 1.00 e. The fourth-order valence-corrected chi connectivity index (χ4v) is 8.86. The number of benzene rings is 3. The van der Waals surface area contributed by atoms with E-state index in [-0.39, 0.29) is 40.3 Å². The fourth-order valence-electron chi connectivity index (χ4n) is 4.45. The Hall–Kier alpha value is -2.09. The van der Waals surface area contributed by atoms with E-state index in [0.717, 1.165) is 35.6 Å². The normalized spacial score (nSPS) is 14.9. The van der Waals surface area contributed by atoms with Gasteiger partial charge in [-0.05, 0) is 0 Å². The van der Waals surface area contributed by atoms with Crippen LogP contribution in [0.3, 0.4) is 0 Å². The Morgan fingerprint density at radius 1 is 0.943 bits per heavy atom. The van der Waals surface area contributed by atoms with Crippen LogP contribution in [0.25, 0.3) is 6.08 Å². The molecular formula is C27H24Cl2HfN3OSi. The van der Waals surface area contributed by atoms with Gasteiger partial charge in [-0.1, -0.05) is 0 Å². The van der Waals surface area contributed by atoms with E-state index in [1.165, 1.54) is 21.5 Å². The maximum Gasteiger partial charge on any atom is -1.00 e. The molecule has 0 saturated carbocycles. The number of H-pyrrole nitrogens is 1. The van der Waals surface area contributed by atoms with E-state index in [1.54, 1.807) is 6.33 Å². The molecule has 0 bridgehead atoms. The molecule has 2 atom stereocenters. The quantitative estimate of drug-likeness (QED) is 0.192. The third-order valence-electron chi connectivity index (χ3n) is 6.13. The summed E-state index contributed by atoms with van der Waals surface area (Å²) in [6.45, 7) is 0. The van der Waals surface area contributed by atoms with E-state index in [0.29, 0.717) is 6.42 Å². The van der Waals surface area contributed by atoms with Gasteiger partial charge in [0.25, 0.3) is 0 Å². The van der Waals surface area contributed by atoms with E-state index < -0.39 is 8.96 Å². The molecule has 4 aromatic rings. The first kappa shape index (κ1) is 27.5. The van der Waals surface area contributed by atoms with Crippen molar-refractivity contribution in [1.82, 2.24) is 15.0 Å². The number of imidazole rings is 1. The van der Waals surface area contributed by atoms with Crippen LogP contribution in [-0.2, 0) is 35.6 Å². The molecule has 1 aliphatic carbocycles. The van der Waals surface area contributed by atoms with E-state index in [4.69, 9.17) is 0 Å². The number of nitrogens with one attached hydrogen (secondary N) is 2. The predicted octanol–water partition coefficient (Wildman–Crippen LogP) is -3.29. The fraction of sp³-hybridized carbons (Fsp3) is 0.111. The summed E-state index contributed by atoms with van der Waals surface area (Å²) in [4.78, 5) is 25.4. The van der Waals surface area contributed by atoms with Crippen LogP contribution in [0.2, 0.25) is 0 Å². The van der Waals surface area contributed by atoms with Crippen LogP contribution < -0.4 is 40.2 Å². The maximum atomic E-state index is 14.0. The van der Waals surface area contributed by atoms with Crippen LogP contribution >= 0.6 is 0 Å². The number of carbonyl (C=O) groups is 1. The van der Waals surface area contributed by atoms with Gasteiger partial charge in [-0.25, -0.2) is 0 Å². The first-order valence-corrected chi connectivity index (χ1v) is 14.9. The van der Waals surface area contributed by atoms with Crippen molar-refractivity contribution in [2.75, 3.05) is 0 Å². The number of ketones is 1. The van der Waals surface area contributed by atoms with Crippen LogP contribution in [0.5, 0.6) is 0 Å². The molecule has 0 fully saturated rings. The molecule has 4 nitrogen and oxygen atoms in total. The Morgan fingerprint density at radius 3 is 2.11 bits per heavy atom. The monoisotopic (exact) mass is 684 g/mol. The van der Waals surface area contributed by atoms with Gasteiger partial charge in [0.2, 0.25) is 0 Å². The third kappa shape index (κ3) is 6.19. The molecule has 5 rings (SSSR count). The summed E-state index contributed by atoms with van der Waals surface area (Å²) in [5.41, 5.74) is 4.30. The van der Waals surface area contributed by atoms with E-state index in [9.17, 15) is 4.79 Å². The van der Waals surface area contributed by atoms with Gasteiger partial charge < -0.3 is 24.8 Å². The molecule has 35 heavy (non-hydrogen) atoms. The van der Waals surface area contributed by atoms with E-state index >= 15 is 0 Å². The number of halogens is 2. The number of nitrogens with zero attached hydrogens (tertiary/aromatic N) is 1. The summed E-state index contributed by atoms with van der Waals surface area (Å²) in [6, 6.07) is 29.1. The number of aromatic nitrogens is 2. The predicted molar refractivity (Wildman–Crippen MR) is 131 cm³/mol. The minimum atomic E-state index is -1.85. The molecular weight excluding hydrogens is 660 g/mol. The molecule has 8 heteroatoms. The minimum Gasteiger partial charge on any atom is -1.00 e. The van der Waals surface area contributed by atoms with Crippen LogP contribution in [0.15, 0.2) is 103 Å². The SMILES string of the molecule is O=C(C1=Cc2ccccc2[CH]1[Hf+2])[C@H](Cc1c[nH]cn1)N[SiH](c1ccccc1)c1ccccc1.[Cl-].[Cl-]. The topological polar surface area (TPSA) is 57.8 Å². The molecule has 0 aliphatic heterocycles. The van der Waals surface area contributed by atoms with Crippen LogP contribution in [0.1, 0.15) is 20.5 Å². The Kier molecular flexibility index (Phi) is 10.0. The number of hydrogen-bond donors (Lipinski definition) is 2. The van der Waals surface area contributed by atoms with Gasteiger partial charge in [0.15, 0.2) is 0 Å². The molecule has 0 saturated heterocycles. The van der Waals surface area contributed by atoms with Gasteiger partial charge in [0.1, 0.15) is 0 Å². The zero-order valence-corrected chi connectivity index (χ0v) is 25.1. The molecule has 0 amide bonds. The second-order valence-corrected chi connectivity index (χ2v) is 12.9. The van der Waals surface area contributed by atoms with Crippen molar-refractivity contribution in [2.24, 2.45) is 0 Å². The Morgan fingerprint density at radius 2 is 1.54 bits per heavy atom. The first-order chi connectivity index (χ1) is 16.2. The van der Waals surface area contributed by atoms with Crippen molar-refractivity contribution in [3.63, 3.8) is 0 Å². The molecule has 2 N–H and O–H groups in total. The van der Waals surface area contributed by atoms with Crippen molar-refractivity contribution < 1.29 is 54.0 Å². The largest absolute Gasteiger partial charge is 1.00 e. The number of rotatable bonds is 8. The van der Waals surface area contributed by atoms with Crippen LogP contribution in [0.4, 0.5) is 0 Å². The summed E-state index contributed by atoms with van der Waals surface area (Å²) in [5, 5.41) is 2.55. The number of fused-ring (bicyclic) bond motifs is 1. The van der Waals surface area contributed by atoms with Gasteiger partial charge in [0, 0.05) is 0 Å². The molecule has 0 spiro atoms. The van der Waals surface area contributed by atoms with E-state index in [1.807, 2.05) is 24.4 Å². The average molecular weight is 684 g/mol. The van der Waals surface area contributed by atoms with Crippen molar-refractivity contribution in [2.45, 2.75) is 16.1 Å². The van der Waals surface area contributed by atoms with Crippen LogP contribution in [-0.4, -0.2) is 30.8 Å².